The van der Waals surface area contributed by atoms with Crippen molar-refractivity contribution in [1.29, 1.82) is 0 Å². The number of hydrogen-bond acceptors (Lipinski definition) is 22. The van der Waals surface area contributed by atoms with Crippen molar-refractivity contribution in [2.24, 2.45) is 0 Å². The standard InChI is InChI=1S/C21H21N3O2.C20H19N3O2.C19H16N2O3.C19H14N2O3.C19H16N2O2S.C19H14N2O2S/c1-15(2)18-9-10-21(26)23(13-18)14-20(25)19-11-22-24(16(19)3)12-17-7-5-4-6-8-17;1-3-16-9-10-20(25)22(12-16)14-19(24)18-11-21-23(15(18)2)13-17-7-5-4-6-8-17;4*1-2-14-8-9-18(23)21(11-14)12-17(22)19-20-16(13-24-19)10-15-6-4-3-5-7-15/h4-11,13H,1,12,14H2,2-3H3;3-12H,1,13-14H2,2H3;2-9,11,13H,1,10,12H2;1,3-9,11,13H,10,12H2;2-9,11,13H,1,10,12H2;1,3-9,11,13H,10,12H2/i;2D3;;;;. The van der Waals surface area contributed by atoms with Crippen LogP contribution >= 0.6 is 22.7 Å². The monoisotopic (exact) mass is 1990 g/mol. The van der Waals surface area contributed by atoms with Crippen molar-refractivity contribution in [1.82, 2.24) is 66.9 Å². The van der Waals surface area contributed by atoms with Crippen molar-refractivity contribution >= 4 is 81.2 Å². The summed E-state index contributed by atoms with van der Waals surface area (Å²) in [5, 5.41) is 13.1. The fraction of sp³-hybridized carbons (Fsp3) is 0.128. The smallest absolute Gasteiger partial charge is 0.265 e. The van der Waals surface area contributed by atoms with E-state index < -0.39 is 12.6 Å². The number of nitrogens with zero attached hydrogens (tertiary/aromatic N) is 14. The molecular weight excluding hydrogens is 1890 g/mol. The summed E-state index contributed by atoms with van der Waals surface area (Å²) in [6.07, 6.45) is 33.1. The maximum absolute atomic E-state index is 12.8. The summed E-state index contributed by atoms with van der Waals surface area (Å²) in [6, 6.07) is 76.8. The summed E-state index contributed by atoms with van der Waals surface area (Å²) >= 11 is 2.61. The highest BCUT2D eigenvalue weighted by Crippen LogP contribution is 2.22. The zero-order chi connectivity index (χ0) is 107. The van der Waals surface area contributed by atoms with E-state index in [2.05, 4.69) is 68.3 Å². The van der Waals surface area contributed by atoms with Crippen molar-refractivity contribution < 1.29 is 41.7 Å². The highest BCUT2D eigenvalue weighted by atomic mass is 32.1. The van der Waals surface area contributed by atoms with Crippen LogP contribution < -0.4 is 33.4 Å². The zero-order valence-corrected chi connectivity index (χ0v) is 81.8. The van der Waals surface area contributed by atoms with Gasteiger partial charge in [-0.1, -0.05) is 238 Å². The molecule has 0 saturated carbocycles. The Morgan fingerprint density at radius 3 is 0.986 bits per heavy atom. The molecule has 30 heteroatoms. The largest absolute Gasteiger partial charge is 0.442 e. The Kier molecular flexibility index (Phi) is 35.9. The number of oxazole rings is 2. The van der Waals surface area contributed by atoms with Crippen LogP contribution in [0.2, 0.25) is 0 Å². The molecule has 0 radical (unpaired) electrons. The summed E-state index contributed by atoms with van der Waals surface area (Å²) < 4.78 is 45.1. The number of pyridine rings is 6. The molecule has 0 N–H and O–H groups in total. The molecule has 0 aliphatic rings. The average molecular weight is 1990 g/mol. The first-order valence-electron chi connectivity index (χ1n) is 47.4. The van der Waals surface area contributed by atoms with E-state index in [1.807, 2.05) is 207 Å². The van der Waals surface area contributed by atoms with Crippen LogP contribution in [0.4, 0.5) is 0 Å². The Bertz CT molecular complexity index is 8070. The molecule has 147 heavy (non-hydrogen) atoms. The van der Waals surface area contributed by atoms with Crippen LogP contribution in [-0.2, 0) is 78.0 Å². The van der Waals surface area contributed by atoms with E-state index in [0.717, 1.165) is 72.7 Å². The first kappa shape index (κ1) is 101. The zero-order valence-electron chi connectivity index (χ0n) is 83.2. The minimum atomic E-state index is -2.52. The molecule has 12 heterocycles. The normalized spacial score (nSPS) is 10.9. The first-order valence-corrected chi connectivity index (χ1v) is 47.6. The molecule has 0 amide bonds. The number of terminal acetylenes is 2. The van der Waals surface area contributed by atoms with Gasteiger partial charge in [0.15, 0.2) is 21.6 Å². The number of ketones is 6. The van der Waals surface area contributed by atoms with Crippen molar-refractivity contribution in [2.75, 3.05) is 0 Å². The minimum Gasteiger partial charge on any atom is -0.442 e. The number of carbonyl (C=O) groups is 6. The van der Waals surface area contributed by atoms with Gasteiger partial charge in [0.25, 0.3) is 45.1 Å². The SMILES string of the molecule is C#Cc1ccc(=O)n(CC(=O)c2nc(Cc3ccccc3)co2)c1.C#Cc1ccc(=O)n(CC(=O)c2nc(Cc3ccccc3)cs2)c1.C=C(C)c1ccc(=O)n(CC(=O)c2cnn(Cc3ccccc3)c2C)c1.C=Cc1ccc(=O)n(CC(=O)c2nc(Cc3ccccc3)co2)c1.C=Cc1ccc(=O)n(CC(=O)c2nc(Cc3ccccc3)cs2)c1.[2H]C([2H])([2H])c1c(C(=O)Cn2cc(C=C)ccc2=O)cnn1Cc1ccccc1. The third kappa shape index (κ3) is 30.6. The number of aromatic nitrogens is 14. The van der Waals surface area contributed by atoms with E-state index in [9.17, 15) is 57.5 Å². The maximum atomic E-state index is 12.8. The Balaban J connectivity index is 0.000000150. The third-order valence-electron chi connectivity index (χ3n) is 22.4. The third-order valence-corrected chi connectivity index (χ3v) is 24.2. The predicted molar refractivity (Wildman–Crippen MR) is 570 cm³/mol. The van der Waals surface area contributed by atoms with Crippen molar-refractivity contribution in [3.05, 3.63) is 550 Å². The van der Waals surface area contributed by atoms with E-state index in [0.29, 0.717) is 75.9 Å². The van der Waals surface area contributed by atoms with E-state index in [4.69, 9.17) is 25.8 Å². The average Bonchev–Trinajstić information content (AvgIpc) is 1.63. The Morgan fingerprint density at radius 2 is 0.653 bits per heavy atom. The van der Waals surface area contributed by atoms with Gasteiger partial charge >= 0.3 is 0 Å². The molecule has 0 atom stereocenters. The number of hydrogen-bond donors (Lipinski definition) is 0. The second kappa shape index (κ2) is 52.1. The fourth-order valence-corrected chi connectivity index (χ4v) is 16.0. The molecule has 28 nitrogen and oxygen atoms in total. The van der Waals surface area contributed by atoms with Gasteiger partial charge in [-0.2, -0.15) is 10.2 Å². The maximum Gasteiger partial charge on any atom is 0.265 e. The second-order valence-corrected chi connectivity index (χ2v) is 34.9. The summed E-state index contributed by atoms with van der Waals surface area (Å²) in [7, 11) is 0. The molecule has 0 bridgehead atoms. The molecule has 18 rings (SSSR count). The summed E-state index contributed by atoms with van der Waals surface area (Å²) in [4.78, 5) is 163. The summed E-state index contributed by atoms with van der Waals surface area (Å²) in [5.41, 5.74) is 14.1. The molecule has 0 aliphatic heterocycles. The number of allylic oxidation sites excluding steroid dienone is 1. The molecule has 0 aliphatic carbocycles. The lowest BCUT2D eigenvalue weighted by Crippen LogP contribution is -2.23. The van der Waals surface area contributed by atoms with Crippen molar-refractivity contribution in [3.8, 4) is 24.7 Å². The molecule has 18 aromatic rings. The minimum absolute atomic E-state index is 0.00756. The van der Waals surface area contributed by atoms with Crippen LogP contribution in [0.15, 0.2) is 392 Å². The predicted octanol–water partition coefficient (Wildman–Crippen LogP) is 17.7. The van der Waals surface area contributed by atoms with Crippen molar-refractivity contribution in [2.45, 2.75) is 98.7 Å². The first-order chi connectivity index (χ1) is 72.4. The lowest BCUT2D eigenvalue weighted by atomic mass is 10.1. The van der Waals surface area contributed by atoms with Crippen LogP contribution in [-0.4, -0.2) is 102 Å². The quantitative estimate of drug-likeness (QED) is 0.0267. The second-order valence-electron chi connectivity index (χ2n) is 33.2. The fourth-order valence-electron chi connectivity index (χ4n) is 14.5. The van der Waals surface area contributed by atoms with Gasteiger partial charge in [-0.25, -0.2) is 19.9 Å². The topological polar surface area (TPSA) is 348 Å². The van der Waals surface area contributed by atoms with Crippen LogP contribution in [0.5, 0.6) is 0 Å². The van der Waals surface area contributed by atoms with E-state index in [-0.39, 0.29) is 131 Å². The number of benzene rings is 6. The lowest BCUT2D eigenvalue weighted by molar-refractivity contribution is 0.0930. The Hall–Kier alpha value is -18.8. The number of thiazole rings is 2. The van der Waals surface area contributed by atoms with Crippen LogP contribution in [0, 0.1) is 38.5 Å². The number of Topliss-reactive ketones (excluding diaryl/α,β-unsaturated/α-hetero) is 6. The lowest BCUT2D eigenvalue weighted by Gasteiger charge is -2.08. The molecule has 0 saturated heterocycles. The van der Waals surface area contributed by atoms with Gasteiger partial charge < -0.3 is 36.2 Å². The Morgan fingerprint density at radius 1 is 0.361 bits per heavy atom. The Labute approximate surface area is 857 Å². The molecule has 0 spiro atoms. The van der Waals surface area contributed by atoms with E-state index in [1.54, 1.807) is 78.0 Å². The van der Waals surface area contributed by atoms with Gasteiger partial charge in [-0.3, -0.25) is 66.9 Å². The highest BCUT2D eigenvalue weighted by Gasteiger charge is 2.23. The molecular formula is C117H100N14O14S2. The molecule has 734 valence electrons. The highest BCUT2D eigenvalue weighted by molar-refractivity contribution is 7.12. The van der Waals surface area contributed by atoms with Gasteiger partial charge in [-0.15, -0.1) is 35.5 Å². The van der Waals surface area contributed by atoms with Gasteiger partial charge in [0, 0.05) is 137 Å². The summed E-state index contributed by atoms with van der Waals surface area (Å²) in [6.45, 7) is 16.2. The summed E-state index contributed by atoms with van der Waals surface area (Å²) in [5.74, 6) is 3.16. The molecule has 0 fully saturated rings. The van der Waals surface area contributed by atoms with Gasteiger partial charge in [0.2, 0.25) is 23.1 Å². The van der Waals surface area contributed by atoms with E-state index in [1.165, 1.54) is 135 Å². The van der Waals surface area contributed by atoms with E-state index >= 15 is 0 Å². The van der Waals surface area contributed by atoms with Gasteiger partial charge in [-0.05, 0) is 118 Å². The van der Waals surface area contributed by atoms with Gasteiger partial charge in [0.1, 0.15) is 12.5 Å². The molecule has 0 unspecified atom stereocenters. The number of carbonyl (C=O) groups excluding carboxylic acids is 6. The number of rotatable bonds is 34. The molecule has 6 aromatic carbocycles. The van der Waals surface area contributed by atoms with Crippen LogP contribution in [0.1, 0.15) is 174 Å². The molecule has 12 aromatic heterocycles. The van der Waals surface area contributed by atoms with Crippen LogP contribution in [0.3, 0.4) is 0 Å². The van der Waals surface area contributed by atoms with Crippen molar-refractivity contribution in [3.63, 3.8) is 0 Å². The van der Waals surface area contributed by atoms with Gasteiger partial charge in [0.05, 0.1) is 98.7 Å². The van der Waals surface area contributed by atoms with Crippen LogP contribution in [0.25, 0.3) is 23.8 Å².